The van der Waals surface area contributed by atoms with Gasteiger partial charge >= 0.3 is 0 Å². The van der Waals surface area contributed by atoms with Crippen LogP contribution in [0.25, 0.3) is 10.8 Å². The lowest BCUT2D eigenvalue weighted by Crippen LogP contribution is -2.29. The second-order valence-corrected chi connectivity index (χ2v) is 6.27. The Kier molecular flexibility index (Phi) is 4.17. The van der Waals surface area contributed by atoms with E-state index >= 15 is 0 Å². The highest BCUT2D eigenvalue weighted by molar-refractivity contribution is 5.85. The predicted octanol–water partition coefficient (Wildman–Crippen LogP) is 3.57. The SMILES string of the molecule is CC(C)(C)CCC(NN)c1cncc2ccccc12. The van der Waals surface area contributed by atoms with Gasteiger partial charge in [0.1, 0.15) is 0 Å². The summed E-state index contributed by atoms with van der Waals surface area (Å²) in [5.41, 5.74) is 4.44. The molecule has 0 bridgehead atoms. The van der Waals surface area contributed by atoms with Gasteiger partial charge in [0.2, 0.25) is 0 Å². The summed E-state index contributed by atoms with van der Waals surface area (Å²) in [7, 11) is 0. The van der Waals surface area contributed by atoms with Gasteiger partial charge in [-0.25, -0.2) is 0 Å². The van der Waals surface area contributed by atoms with Gasteiger partial charge in [-0.3, -0.25) is 16.3 Å². The van der Waals surface area contributed by atoms with Crippen LogP contribution >= 0.6 is 0 Å². The minimum atomic E-state index is 0.151. The summed E-state index contributed by atoms with van der Waals surface area (Å²) in [5.74, 6) is 5.75. The summed E-state index contributed by atoms with van der Waals surface area (Å²) >= 11 is 0. The van der Waals surface area contributed by atoms with Gasteiger partial charge in [-0.2, -0.15) is 0 Å². The molecule has 0 radical (unpaired) electrons. The van der Waals surface area contributed by atoms with E-state index in [9.17, 15) is 0 Å². The Hall–Kier alpha value is -1.45. The lowest BCUT2D eigenvalue weighted by molar-refractivity contribution is 0.334. The zero-order chi connectivity index (χ0) is 13.9. The number of hydrazine groups is 1. The molecule has 1 aromatic carbocycles. The van der Waals surface area contributed by atoms with Crippen LogP contribution in [0.1, 0.15) is 45.2 Å². The number of rotatable bonds is 4. The van der Waals surface area contributed by atoms with E-state index in [-0.39, 0.29) is 6.04 Å². The van der Waals surface area contributed by atoms with Crippen LogP contribution in [-0.2, 0) is 0 Å². The van der Waals surface area contributed by atoms with Crippen LogP contribution in [0.5, 0.6) is 0 Å². The quantitative estimate of drug-likeness (QED) is 0.650. The third kappa shape index (κ3) is 3.52. The summed E-state index contributed by atoms with van der Waals surface area (Å²) in [6, 6.07) is 8.46. The number of nitrogens with zero attached hydrogens (tertiary/aromatic N) is 1. The second kappa shape index (κ2) is 5.68. The number of hydrogen-bond donors (Lipinski definition) is 2. The first kappa shape index (κ1) is 14.0. The van der Waals surface area contributed by atoms with E-state index in [0.29, 0.717) is 5.41 Å². The molecule has 3 nitrogen and oxygen atoms in total. The van der Waals surface area contributed by atoms with E-state index in [0.717, 1.165) is 18.2 Å². The maximum absolute atomic E-state index is 5.75. The van der Waals surface area contributed by atoms with Crippen molar-refractivity contribution in [3.8, 4) is 0 Å². The molecule has 0 spiro atoms. The monoisotopic (exact) mass is 257 g/mol. The van der Waals surface area contributed by atoms with Crippen molar-refractivity contribution in [1.29, 1.82) is 0 Å². The van der Waals surface area contributed by atoms with Crippen molar-refractivity contribution in [1.82, 2.24) is 10.4 Å². The van der Waals surface area contributed by atoms with Gasteiger partial charge in [0.15, 0.2) is 0 Å². The van der Waals surface area contributed by atoms with Crippen LogP contribution in [0.4, 0.5) is 0 Å². The molecule has 0 aliphatic carbocycles. The number of benzene rings is 1. The Morgan fingerprint density at radius 2 is 1.95 bits per heavy atom. The molecule has 0 amide bonds. The van der Waals surface area contributed by atoms with E-state index in [1.807, 2.05) is 18.5 Å². The van der Waals surface area contributed by atoms with Crippen molar-refractivity contribution in [2.45, 2.75) is 39.7 Å². The lowest BCUT2D eigenvalue weighted by Gasteiger charge is -2.23. The minimum absolute atomic E-state index is 0.151. The Morgan fingerprint density at radius 1 is 1.21 bits per heavy atom. The molecule has 0 aliphatic rings. The highest BCUT2D eigenvalue weighted by atomic mass is 15.2. The molecule has 1 atom stereocenters. The van der Waals surface area contributed by atoms with Crippen LogP contribution in [0, 0.1) is 5.41 Å². The summed E-state index contributed by atoms with van der Waals surface area (Å²) in [5, 5.41) is 2.39. The van der Waals surface area contributed by atoms with Gasteiger partial charge in [0.05, 0.1) is 0 Å². The lowest BCUT2D eigenvalue weighted by atomic mass is 9.87. The smallest absolute Gasteiger partial charge is 0.0481 e. The summed E-state index contributed by atoms with van der Waals surface area (Å²) in [6.07, 6.45) is 5.95. The van der Waals surface area contributed by atoms with E-state index < -0.39 is 0 Å². The Labute approximate surface area is 115 Å². The maximum Gasteiger partial charge on any atom is 0.0481 e. The normalized spacial score (nSPS) is 13.7. The van der Waals surface area contributed by atoms with E-state index in [1.165, 1.54) is 10.9 Å². The molecule has 2 rings (SSSR count). The summed E-state index contributed by atoms with van der Waals surface area (Å²) < 4.78 is 0. The fourth-order valence-electron chi connectivity index (χ4n) is 2.32. The van der Waals surface area contributed by atoms with E-state index in [4.69, 9.17) is 5.84 Å². The minimum Gasteiger partial charge on any atom is -0.271 e. The van der Waals surface area contributed by atoms with Gasteiger partial charge < -0.3 is 0 Å². The molecule has 0 saturated heterocycles. The Bertz CT molecular complexity index is 538. The number of fused-ring (bicyclic) bond motifs is 1. The highest BCUT2D eigenvalue weighted by Gasteiger charge is 2.17. The molecule has 0 saturated carbocycles. The molecule has 2 aromatic rings. The van der Waals surface area contributed by atoms with Crippen molar-refractivity contribution in [2.75, 3.05) is 0 Å². The van der Waals surface area contributed by atoms with Crippen LogP contribution in [0.3, 0.4) is 0 Å². The zero-order valence-electron chi connectivity index (χ0n) is 12.0. The van der Waals surface area contributed by atoms with Crippen LogP contribution in [-0.4, -0.2) is 4.98 Å². The predicted molar refractivity (Wildman–Crippen MR) is 80.5 cm³/mol. The zero-order valence-corrected chi connectivity index (χ0v) is 12.0. The molecule has 3 heteroatoms. The summed E-state index contributed by atoms with van der Waals surface area (Å²) in [4.78, 5) is 4.33. The number of hydrogen-bond acceptors (Lipinski definition) is 3. The van der Waals surface area contributed by atoms with Gasteiger partial charge in [0.25, 0.3) is 0 Å². The molecule has 0 fully saturated rings. The average molecular weight is 257 g/mol. The fourth-order valence-corrected chi connectivity index (χ4v) is 2.32. The van der Waals surface area contributed by atoms with Gasteiger partial charge in [-0.1, -0.05) is 45.0 Å². The topological polar surface area (TPSA) is 50.9 Å². The van der Waals surface area contributed by atoms with E-state index in [1.54, 1.807) is 0 Å². The number of pyridine rings is 1. The molecule has 102 valence electrons. The molecule has 1 heterocycles. The fraction of sp³-hybridized carbons (Fsp3) is 0.438. The Morgan fingerprint density at radius 3 is 2.63 bits per heavy atom. The molecule has 3 N–H and O–H groups in total. The standard InChI is InChI=1S/C16H23N3/c1-16(2,3)9-8-15(19-17)14-11-18-10-12-6-4-5-7-13(12)14/h4-7,10-11,15,19H,8-9,17H2,1-3H3. The third-order valence-electron chi connectivity index (χ3n) is 3.46. The van der Waals surface area contributed by atoms with Gasteiger partial charge in [-0.15, -0.1) is 0 Å². The second-order valence-electron chi connectivity index (χ2n) is 6.27. The molecule has 19 heavy (non-hydrogen) atoms. The van der Waals surface area contributed by atoms with E-state index in [2.05, 4.69) is 49.4 Å². The number of aromatic nitrogens is 1. The number of nitrogens with two attached hydrogens (primary N) is 1. The first-order chi connectivity index (χ1) is 9.01. The van der Waals surface area contributed by atoms with Crippen molar-refractivity contribution in [3.05, 3.63) is 42.2 Å². The van der Waals surface area contributed by atoms with Crippen LogP contribution < -0.4 is 11.3 Å². The number of nitrogens with one attached hydrogen (secondary N) is 1. The van der Waals surface area contributed by atoms with Crippen molar-refractivity contribution >= 4 is 10.8 Å². The van der Waals surface area contributed by atoms with Crippen LogP contribution in [0.15, 0.2) is 36.7 Å². The van der Waals surface area contributed by atoms with Gasteiger partial charge in [-0.05, 0) is 29.2 Å². The molecular weight excluding hydrogens is 234 g/mol. The first-order valence-corrected chi connectivity index (χ1v) is 6.80. The van der Waals surface area contributed by atoms with Crippen molar-refractivity contribution in [2.24, 2.45) is 11.3 Å². The Balaban J connectivity index is 2.30. The summed E-state index contributed by atoms with van der Waals surface area (Å²) in [6.45, 7) is 6.76. The third-order valence-corrected chi connectivity index (χ3v) is 3.46. The highest BCUT2D eigenvalue weighted by Crippen LogP contribution is 2.30. The van der Waals surface area contributed by atoms with Crippen LogP contribution in [0.2, 0.25) is 0 Å². The average Bonchev–Trinajstić information content (AvgIpc) is 2.38. The van der Waals surface area contributed by atoms with Crippen molar-refractivity contribution < 1.29 is 0 Å². The maximum atomic E-state index is 5.75. The molecular formula is C16H23N3. The van der Waals surface area contributed by atoms with Gasteiger partial charge in [0, 0.05) is 23.8 Å². The molecule has 1 unspecified atom stereocenters. The molecule has 0 aliphatic heterocycles. The largest absolute Gasteiger partial charge is 0.271 e. The molecule has 1 aromatic heterocycles. The first-order valence-electron chi connectivity index (χ1n) is 6.80. The van der Waals surface area contributed by atoms with Crippen molar-refractivity contribution in [3.63, 3.8) is 0 Å².